The summed E-state index contributed by atoms with van der Waals surface area (Å²) in [6.45, 7) is 4.95. The number of likely N-dealkylation sites (tertiary alicyclic amines) is 1. The zero-order valence-corrected chi connectivity index (χ0v) is 13.0. The van der Waals surface area contributed by atoms with Crippen LogP contribution in [0.2, 0.25) is 0 Å². The van der Waals surface area contributed by atoms with Gasteiger partial charge in [0, 0.05) is 19.6 Å². The van der Waals surface area contributed by atoms with E-state index in [1.54, 1.807) is 18.2 Å². The maximum Gasteiger partial charge on any atom is 0.255 e. The van der Waals surface area contributed by atoms with E-state index in [0.717, 1.165) is 31.8 Å². The van der Waals surface area contributed by atoms with Crippen LogP contribution in [0.25, 0.3) is 0 Å². The summed E-state index contributed by atoms with van der Waals surface area (Å²) in [6, 6.07) is 6.46. The van der Waals surface area contributed by atoms with Gasteiger partial charge in [-0.2, -0.15) is 0 Å². The quantitative estimate of drug-likeness (QED) is 0.442. The fourth-order valence-electron chi connectivity index (χ4n) is 2.44. The molecule has 4 N–H and O–H groups in total. The molecular weight excluding hydrogens is 280 g/mol. The number of carbonyl (C=O) groups is 1. The summed E-state index contributed by atoms with van der Waals surface area (Å²) in [4.78, 5) is 18.3. The predicted molar refractivity (Wildman–Crippen MR) is 86.9 cm³/mol. The molecule has 6 nitrogen and oxygen atoms in total. The fourth-order valence-corrected chi connectivity index (χ4v) is 2.44. The van der Waals surface area contributed by atoms with Gasteiger partial charge in [0.05, 0.1) is 12.1 Å². The number of phenolic OH excluding ortho intramolecular Hbond substituents is 1. The van der Waals surface area contributed by atoms with Gasteiger partial charge in [-0.25, -0.2) is 0 Å². The highest BCUT2D eigenvalue weighted by molar-refractivity contribution is 5.96. The zero-order valence-electron chi connectivity index (χ0n) is 13.0. The van der Waals surface area contributed by atoms with Crippen molar-refractivity contribution in [1.82, 2.24) is 10.2 Å². The highest BCUT2D eigenvalue weighted by Gasteiger charge is 2.16. The largest absolute Gasteiger partial charge is 0.507 e. The number of nitrogens with one attached hydrogen (secondary N) is 1. The Bertz CT molecular complexity index is 537. The maximum absolute atomic E-state index is 11.9. The Kier molecular flexibility index (Phi) is 5.63. The van der Waals surface area contributed by atoms with Crippen molar-refractivity contribution in [2.45, 2.75) is 19.8 Å². The molecule has 1 amide bonds. The Morgan fingerprint density at radius 3 is 2.77 bits per heavy atom. The molecule has 0 aliphatic carbocycles. The van der Waals surface area contributed by atoms with E-state index in [-0.39, 0.29) is 17.2 Å². The molecule has 1 aliphatic rings. The van der Waals surface area contributed by atoms with Crippen molar-refractivity contribution in [3.63, 3.8) is 0 Å². The zero-order chi connectivity index (χ0) is 15.9. The second kappa shape index (κ2) is 7.68. The summed E-state index contributed by atoms with van der Waals surface area (Å²) in [7, 11) is 0. The average Bonchev–Trinajstić information content (AvgIpc) is 2.52. The number of carbonyl (C=O) groups excluding carboxylic acids is 1. The molecule has 22 heavy (non-hydrogen) atoms. The number of benzene rings is 1. The number of amides is 1. The second-order valence-corrected chi connectivity index (χ2v) is 5.68. The molecule has 120 valence electrons. The van der Waals surface area contributed by atoms with Crippen LogP contribution in [0.5, 0.6) is 5.75 Å². The Balaban J connectivity index is 1.75. The summed E-state index contributed by atoms with van der Waals surface area (Å²) < 4.78 is 0. The first-order valence-electron chi connectivity index (χ1n) is 7.69. The number of hydrogen-bond donors (Lipinski definition) is 3. The van der Waals surface area contributed by atoms with Crippen molar-refractivity contribution in [3.05, 3.63) is 29.8 Å². The van der Waals surface area contributed by atoms with Crippen LogP contribution < -0.4 is 11.1 Å². The summed E-state index contributed by atoms with van der Waals surface area (Å²) in [5, 5.41) is 12.3. The van der Waals surface area contributed by atoms with E-state index >= 15 is 0 Å². The van der Waals surface area contributed by atoms with E-state index in [9.17, 15) is 9.90 Å². The van der Waals surface area contributed by atoms with Gasteiger partial charge < -0.3 is 21.1 Å². The van der Waals surface area contributed by atoms with Gasteiger partial charge in [-0.15, -0.1) is 0 Å². The number of hydrogen-bond acceptors (Lipinski definition) is 3. The number of aromatic hydroxyl groups is 1. The van der Waals surface area contributed by atoms with Crippen molar-refractivity contribution in [2.75, 3.05) is 26.2 Å². The van der Waals surface area contributed by atoms with Crippen LogP contribution in [-0.4, -0.2) is 48.1 Å². The fraction of sp³-hybridized carbons (Fsp3) is 0.500. The Morgan fingerprint density at radius 1 is 1.41 bits per heavy atom. The number of guanidine groups is 1. The normalized spacial score (nSPS) is 16.6. The number of piperidine rings is 1. The van der Waals surface area contributed by atoms with E-state index in [2.05, 4.69) is 22.1 Å². The minimum absolute atomic E-state index is 0.0227. The van der Waals surface area contributed by atoms with Crippen LogP contribution in [0.15, 0.2) is 29.3 Å². The van der Waals surface area contributed by atoms with Crippen LogP contribution in [0, 0.1) is 5.92 Å². The van der Waals surface area contributed by atoms with Crippen LogP contribution in [-0.2, 0) is 0 Å². The molecule has 1 heterocycles. The summed E-state index contributed by atoms with van der Waals surface area (Å²) in [6.07, 6.45) is 2.28. The van der Waals surface area contributed by atoms with Gasteiger partial charge in [0.15, 0.2) is 5.96 Å². The minimum Gasteiger partial charge on any atom is -0.507 e. The van der Waals surface area contributed by atoms with E-state index in [1.165, 1.54) is 6.07 Å². The average molecular weight is 304 g/mol. The standard InChI is InChI=1S/C16H24N4O2/c1-12-6-10-20(11-7-12)16(17)19-9-8-18-15(22)13-4-2-3-5-14(13)21/h2-5,12,21H,6-11H2,1H3,(H2,17,19)(H,18,22). The smallest absolute Gasteiger partial charge is 0.255 e. The third-order valence-electron chi connectivity index (χ3n) is 3.93. The molecule has 0 unspecified atom stereocenters. The number of rotatable bonds is 4. The first kappa shape index (κ1) is 16.1. The molecule has 1 aliphatic heterocycles. The Morgan fingerprint density at radius 2 is 2.09 bits per heavy atom. The number of phenols is 1. The molecule has 0 bridgehead atoms. The van der Waals surface area contributed by atoms with Gasteiger partial charge in [0.25, 0.3) is 5.91 Å². The lowest BCUT2D eigenvalue weighted by atomic mass is 10.00. The maximum atomic E-state index is 11.9. The molecule has 0 atom stereocenters. The van der Waals surface area contributed by atoms with Crippen molar-refractivity contribution >= 4 is 11.9 Å². The second-order valence-electron chi connectivity index (χ2n) is 5.68. The third-order valence-corrected chi connectivity index (χ3v) is 3.93. The summed E-state index contributed by atoms with van der Waals surface area (Å²) in [5.41, 5.74) is 6.24. The molecule has 1 aromatic carbocycles. The number of nitrogens with zero attached hydrogens (tertiary/aromatic N) is 2. The van der Waals surface area contributed by atoms with Gasteiger partial charge >= 0.3 is 0 Å². The molecular formula is C16H24N4O2. The highest BCUT2D eigenvalue weighted by Crippen LogP contribution is 2.16. The number of nitrogens with two attached hydrogens (primary N) is 1. The van der Waals surface area contributed by atoms with Crippen molar-refractivity contribution in [1.29, 1.82) is 0 Å². The van der Waals surface area contributed by atoms with Gasteiger partial charge in [-0.05, 0) is 30.9 Å². The van der Waals surface area contributed by atoms with Crippen molar-refractivity contribution in [3.8, 4) is 5.75 Å². The Hall–Kier alpha value is -2.24. The summed E-state index contributed by atoms with van der Waals surface area (Å²) >= 11 is 0. The molecule has 0 spiro atoms. The molecule has 2 rings (SSSR count). The van der Waals surface area contributed by atoms with Gasteiger partial charge in [-0.3, -0.25) is 9.79 Å². The van der Waals surface area contributed by atoms with E-state index in [0.29, 0.717) is 19.0 Å². The third kappa shape index (κ3) is 4.38. The first-order chi connectivity index (χ1) is 10.6. The lowest BCUT2D eigenvalue weighted by Gasteiger charge is -2.31. The van der Waals surface area contributed by atoms with Crippen molar-refractivity contribution in [2.24, 2.45) is 16.6 Å². The summed E-state index contributed by atoms with van der Waals surface area (Å²) in [5.74, 6) is 0.967. The molecule has 1 saturated heterocycles. The lowest BCUT2D eigenvalue weighted by molar-refractivity contribution is 0.0952. The van der Waals surface area contributed by atoms with Crippen LogP contribution >= 0.6 is 0 Å². The van der Waals surface area contributed by atoms with E-state index in [1.807, 2.05) is 0 Å². The molecule has 1 fully saturated rings. The molecule has 6 heteroatoms. The monoisotopic (exact) mass is 304 g/mol. The molecule has 0 saturated carbocycles. The van der Waals surface area contributed by atoms with Crippen LogP contribution in [0.4, 0.5) is 0 Å². The van der Waals surface area contributed by atoms with Crippen molar-refractivity contribution < 1.29 is 9.90 Å². The number of para-hydroxylation sites is 1. The lowest BCUT2D eigenvalue weighted by Crippen LogP contribution is -2.42. The first-order valence-corrected chi connectivity index (χ1v) is 7.69. The SMILES string of the molecule is CC1CCN(C(N)=NCCNC(=O)c2ccccc2O)CC1. The van der Waals surface area contributed by atoms with E-state index in [4.69, 9.17) is 5.73 Å². The molecule has 1 aromatic rings. The van der Waals surface area contributed by atoms with Gasteiger partial charge in [0.1, 0.15) is 5.75 Å². The van der Waals surface area contributed by atoms with Gasteiger partial charge in [0.2, 0.25) is 0 Å². The van der Waals surface area contributed by atoms with E-state index < -0.39 is 0 Å². The molecule has 0 aromatic heterocycles. The minimum atomic E-state index is -0.307. The topological polar surface area (TPSA) is 91.0 Å². The van der Waals surface area contributed by atoms with Gasteiger partial charge in [-0.1, -0.05) is 19.1 Å². The van der Waals surface area contributed by atoms with Crippen LogP contribution in [0.1, 0.15) is 30.1 Å². The Labute approximate surface area is 131 Å². The number of aliphatic imine (C=N–C) groups is 1. The molecule has 0 radical (unpaired) electrons. The highest BCUT2D eigenvalue weighted by atomic mass is 16.3. The van der Waals surface area contributed by atoms with Crippen LogP contribution in [0.3, 0.4) is 0 Å². The predicted octanol–water partition coefficient (Wildman–Crippen LogP) is 1.17.